The molecule has 0 amide bonds. The van der Waals surface area contributed by atoms with Crippen molar-refractivity contribution in [3.05, 3.63) is 53.1 Å². The van der Waals surface area contributed by atoms with Crippen LogP contribution in [0.1, 0.15) is 51.0 Å². The Bertz CT molecular complexity index is 876. The number of halogens is 1. The normalized spacial score (nSPS) is 36.7. The van der Waals surface area contributed by atoms with E-state index < -0.39 is 0 Å². The summed E-state index contributed by atoms with van der Waals surface area (Å²) in [5.41, 5.74) is 4.31. The van der Waals surface area contributed by atoms with Gasteiger partial charge in [-0.2, -0.15) is 0 Å². The van der Waals surface area contributed by atoms with Gasteiger partial charge in [-0.25, -0.2) is 0 Å². The van der Waals surface area contributed by atoms with Crippen LogP contribution in [-0.2, 0) is 9.53 Å². The zero-order valence-electron chi connectivity index (χ0n) is 17.9. The maximum absolute atomic E-state index is 12.8. The number of allylic oxidation sites excluding steroid dienone is 1. The number of rotatable bonds is 3. The molecule has 5 unspecified atom stereocenters. The Morgan fingerprint density at radius 1 is 1.27 bits per heavy atom. The SMILES string of the molecule is C=C1CCCC2(C)CC3OC(=O)C(CN4CC=C(c5ccc(Cl)cc5)CC4)C3CC12. The maximum Gasteiger partial charge on any atom is 0.310 e. The second kappa shape index (κ2) is 7.84. The number of hydrogen-bond acceptors (Lipinski definition) is 3. The molecule has 3 nitrogen and oxygen atoms in total. The molecule has 1 aromatic rings. The predicted molar refractivity (Wildman–Crippen MR) is 121 cm³/mol. The third-order valence-corrected chi connectivity index (χ3v) is 8.53. The van der Waals surface area contributed by atoms with Crippen LogP contribution in [0.5, 0.6) is 0 Å². The molecule has 30 heavy (non-hydrogen) atoms. The number of hydrogen-bond donors (Lipinski definition) is 0. The van der Waals surface area contributed by atoms with Gasteiger partial charge in [0.1, 0.15) is 6.10 Å². The van der Waals surface area contributed by atoms with Crippen LogP contribution >= 0.6 is 11.6 Å². The zero-order valence-corrected chi connectivity index (χ0v) is 18.7. The molecule has 5 atom stereocenters. The molecule has 2 heterocycles. The van der Waals surface area contributed by atoms with Gasteiger partial charge in [-0.3, -0.25) is 9.69 Å². The molecule has 3 fully saturated rings. The van der Waals surface area contributed by atoms with E-state index in [-0.39, 0.29) is 23.4 Å². The second-order valence-corrected chi connectivity index (χ2v) is 10.6. The minimum Gasteiger partial charge on any atom is -0.462 e. The summed E-state index contributed by atoms with van der Waals surface area (Å²) in [7, 11) is 0. The van der Waals surface area contributed by atoms with Gasteiger partial charge in [-0.1, -0.05) is 48.9 Å². The van der Waals surface area contributed by atoms with E-state index >= 15 is 0 Å². The first-order valence-corrected chi connectivity index (χ1v) is 11.9. The van der Waals surface area contributed by atoms with E-state index in [0.717, 1.165) is 50.3 Å². The number of carbonyl (C=O) groups excluding carboxylic acids is 1. The molecule has 160 valence electrons. The summed E-state index contributed by atoms with van der Waals surface area (Å²) >= 11 is 6.02. The highest BCUT2D eigenvalue weighted by Crippen LogP contribution is 2.57. The molecule has 5 rings (SSSR count). The Morgan fingerprint density at radius 2 is 2.07 bits per heavy atom. The minimum atomic E-state index is 0.0137. The van der Waals surface area contributed by atoms with E-state index in [0.29, 0.717) is 11.8 Å². The summed E-state index contributed by atoms with van der Waals surface area (Å²) in [6.07, 6.45) is 9.16. The molecule has 2 saturated carbocycles. The molecular formula is C26H32ClNO2. The van der Waals surface area contributed by atoms with Crippen LogP contribution in [0.4, 0.5) is 0 Å². The Labute approximate surface area is 185 Å². The topological polar surface area (TPSA) is 29.5 Å². The highest BCUT2D eigenvalue weighted by molar-refractivity contribution is 6.30. The molecule has 2 aliphatic carbocycles. The standard InChI is InChI=1S/C26H32ClNO2/c1-17-4-3-11-26(2)15-24-21(14-23(17)26)22(25(29)30-24)16-28-12-9-19(10-13-28)18-5-7-20(27)8-6-18/h5-9,21-24H,1,3-4,10-16H2,2H3. The van der Waals surface area contributed by atoms with Crippen molar-refractivity contribution in [2.45, 2.75) is 51.6 Å². The van der Waals surface area contributed by atoms with E-state index in [2.05, 4.69) is 36.6 Å². The van der Waals surface area contributed by atoms with E-state index in [1.165, 1.54) is 29.6 Å². The van der Waals surface area contributed by atoms with Crippen LogP contribution in [0, 0.1) is 23.2 Å². The van der Waals surface area contributed by atoms with Gasteiger partial charge in [0.25, 0.3) is 0 Å². The summed E-state index contributed by atoms with van der Waals surface area (Å²) < 4.78 is 5.95. The molecule has 1 aromatic carbocycles. The van der Waals surface area contributed by atoms with Gasteiger partial charge in [0, 0.05) is 30.6 Å². The van der Waals surface area contributed by atoms with Crippen molar-refractivity contribution < 1.29 is 9.53 Å². The number of nitrogens with zero attached hydrogens (tertiary/aromatic N) is 1. The van der Waals surface area contributed by atoms with Gasteiger partial charge in [-0.05, 0) is 73.1 Å². The number of esters is 1. The van der Waals surface area contributed by atoms with Crippen LogP contribution in [-0.4, -0.2) is 36.6 Å². The molecule has 4 aliphatic rings. The van der Waals surface area contributed by atoms with Crippen molar-refractivity contribution in [2.24, 2.45) is 23.2 Å². The van der Waals surface area contributed by atoms with Crippen LogP contribution in [0.25, 0.3) is 5.57 Å². The summed E-state index contributed by atoms with van der Waals surface area (Å²) in [5.74, 6) is 0.958. The zero-order chi connectivity index (χ0) is 20.9. The molecule has 0 spiro atoms. The van der Waals surface area contributed by atoms with Crippen molar-refractivity contribution in [2.75, 3.05) is 19.6 Å². The smallest absolute Gasteiger partial charge is 0.310 e. The van der Waals surface area contributed by atoms with Crippen molar-refractivity contribution in [3.63, 3.8) is 0 Å². The average Bonchev–Trinajstić information content (AvgIpc) is 3.01. The van der Waals surface area contributed by atoms with Crippen molar-refractivity contribution in [1.82, 2.24) is 4.90 Å². The van der Waals surface area contributed by atoms with Crippen LogP contribution in [0.15, 0.2) is 42.5 Å². The Kier molecular flexibility index (Phi) is 5.31. The fraction of sp³-hybridized carbons (Fsp3) is 0.577. The first-order chi connectivity index (χ1) is 14.4. The highest BCUT2D eigenvalue weighted by Gasteiger charge is 2.55. The monoisotopic (exact) mass is 425 g/mol. The van der Waals surface area contributed by atoms with Crippen molar-refractivity contribution in [1.29, 1.82) is 0 Å². The third-order valence-electron chi connectivity index (χ3n) is 8.28. The van der Waals surface area contributed by atoms with E-state index in [9.17, 15) is 4.79 Å². The lowest BCUT2D eigenvalue weighted by molar-refractivity contribution is -0.146. The minimum absolute atomic E-state index is 0.0137. The van der Waals surface area contributed by atoms with Crippen molar-refractivity contribution >= 4 is 23.1 Å². The average molecular weight is 426 g/mol. The summed E-state index contributed by atoms with van der Waals surface area (Å²) in [5, 5.41) is 0.773. The Balaban J connectivity index is 1.26. The fourth-order valence-corrected chi connectivity index (χ4v) is 6.67. The lowest BCUT2D eigenvalue weighted by Gasteiger charge is -2.50. The van der Waals surface area contributed by atoms with Gasteiger partial charge in [0.2, 0.25) is 0 Å². The molecule has 0 N–H and O–H groups in total. The molecule has 0 bridgehead atoms. The summed E-state index contributed by atoms with van der Waals surface area (Å²) in [6.45, 7) is 9.51. The molecular weight excluding hydrogens is 394 g/mol. The number of ether oxygens (including phenoxy) is 1. The Hall–Kier alpha value is -1.58. The van der Waals surface area contributed by atoms with E-state index in [1.54, 1.807) is 0 Å². The van der Waals surface area contributed by atoms with Gasteiger partial charge in [-0.15, -0.1) is 0 Å². The molecule has 0 aromatic heterocycles. The van der Waals surface area contributed by atoms with Crippen LogP contribution in [0.3, 0.4) is 0 Å². The lowest BCUT2D eigenvalue weighted by atomic mass is 9.55. The largest absolute Gasteiger partial charge is 0.462 e. The van der Waals surface area contributed by atoms with Gasteiger partial charge in [0.05, 0.1) is 5.92 Å². The highest BCUT2D eigenvalue weighted by atomic mass is 35.5. The second-order valence-electron chi connectivity index (χ2n) is 10.1. The van der Waals surface area contributed by atoms with Crippen molar-refractivity contribution in [3.8, 4) is 0 Å². The first kappa shape index (κ1) is 20.3. The fourth-order valence-electron chi connectivity index (χ4n) is 6.55. The number of carbonyl (C=O) groups is 1. The molecule has 4 heteroatoms. The quantitative estimate of drug-likeness (QED) is 0.456. The predicted octanol–water partition coefficient (Wildman–Crippen LogP) is 5.74. The van der Waals surface area contributed by atoms with Gasteiger partial charge in [0.15, 0.2) is 0 Å². The lowest BCUT2D eigenvalue weighted by Crippen LogP contribution is -2.46. The molecule has 0 radical (unpaired) electrons. The van der Waals surface area contributed by atoms with Gasteiger partial charge >= 0.3 is 5.97 Å². The van der Waals surface area contributed by atoms with Gasteiger partial charge < -0.3 is 4.74 Å². The maximum atomic E-state index is 12.8. The van der Waals surface area contributed by atoms with E-state index in [4.69, 9.17) is 16.3 Å². The number of benzene rings is 1. The molecule has 1 saturated heterocycles. The molecule has 2 aliphatic heterocycles. The Morgan fingerprint density at radius 3 is 2.80 bits per heavy atom. The third kappa shape index (κ3) is 3.65. The van der Waals surface area contributed by atoms with Crippen LogP contribution < -0.4 is 0 Å². The summed E-state index contributed by atoms with van der Waals surface area (Å²) in [4.78, 5) is 15.3. The summed E-state index contributed by atoms with van der Waals surface area (Å²) in [6, 6.07) is 8.10. The number of fused-ring (bicyclic) bond motifs is 2. The van der Waals surface area contributed by atoms with Crippen LogP contribution in [0.2, 0.25) is 5.02 Å². The first-order valence-electron chi connectivity index (χ1n) is 11.5. The van der Waals surface area contributed by atoms with E-state index in [1.807, 2.05) is 12.1 Å².